The number of benzene rings is 1. The Bertz CT molecular complexity index is 693. The highest BCUT2D eigenvalue weighted by Crippen LogP contribution is 2.26. The molecule has 5 nitrogen and oxygen atoms in total. The van der Waals surface area contributed by atoms with Gasteiger partial charge in [0.05, 0.1) is 12.3 Å². The van der Waals surface area contributed by atoms with Gasteiger partial charge in [0, 0.05) is 31.1 Å². The summed E-state index contributed by atoms with van der Waals surface area (Å²) in [5, 5.41) is 7.37. The Labute approximate surface area is 149 Å². The molecule has 1 aromatic heterocycles. The molecule has 1 amide bonds. The fourth-order valence-electron chi connectivity index (χ4n) is 3.30. The van der Waals surface area contributed by atoms with E-state index in [-0.39, 0.29) is 5.91 Å². The first kappa shape index (κ1) is 17.5. The molecule has 1 fully saturated rings. The van der Waals surface area contributed by atoms with Gasteiger partial charge in [-0.3, -0.25) is 9.89 Å². The summed E-state index contributed by atoms with van der Waals surface area (Å²) >= 11 is 0. The molecule has 3 rings (SSSR count). The molecule has 0 radical (unpaired) electrons. The zero-order valence-corrected chi connectivity index (χ0v) is 15.1. The largest absolute Gasteiger partial charge is 0.494 e. The number of aromatic nitrogens is 2. The average molecular weight is 341 g/mol. The summed E-state index contributed by atoms with van der Waals surface area (Å²) in [4.78, 5) is 14.5. The van der Waals surface area contributed by atoms with Gasteiger partial charge < -0.3 is 9.64 Å². The highest BCUT2D eigenvalue weighted by atomic mass is 16.5. The van der Waals surface area contributed by atoms with Crippen molar-refractivity contribution in [3.63, 3.8) is 0 Å². The third-order valence-corrected chi connectivity index (χ3v) is 4.74. The van der Waals surface area contributed by atoms with Crippen LogP contribution in [0.15, 0.2) is 30.3 Å². The van der Waals surface area contributed by atoms with E-state index in [0.717, 1.165) is 49.5 Å². The van der Waals surface area contributed by atoms with Crippen LogP contribution in [0.5, 0.6) is 5.75 Å². The summed E-state index contributed by atoms with van der Waals surface area (Å²) in [5.41, 5.74) is 3.37. The predicted molar refractivity (Wildman–Crippen MR) is 97.8 cm³/mol. The van der Waals surface area contributed by atoms with Crippen LogP contribution in [0.2, 0.25) is 0 Å². The van der Waals surface area contributed by atoms with Crippen molar-refractivity contribution in [1.29, 1.82) is 0 Å². The lowest BCUT2D eigenvalue weighted by Crippen LogP contribution is -2.39. The van der Waals surface area contributed by atoms with Gasteiger partial charge in [0.1, 0.15) is 5.75 Å². The fraction of sp³-hybridized carbons (Fsp3) is 0.500. The number of nitrogens with zero attached hydrogens (tertiary/aromatic N) is 2. The molecule has 134 valence electrons. The zero-order chi connectivity index (χ0) is 17.6. The SMILES string of the molecule is Cc1ccc(OCCCC(=O)N2CCC[C@H](c3cc(C)[nH]n3)C2)cc1. The lowest BCUT2D eigenvalue weighted by atomic mass is 9.94. The van der Waals surface area contributed by atoms with Crippen molar-refractivity contribution in [3.8, 4) is 5.75 Å². The van der Waals surface area contributed by atoms with E-state index in [9.17, 15) is 4.79 Å². The normalized spacial score (nSPS) is 17.5. The Morgan fingerprint density at radius 1 is 1.32 bits per heavy atom. The molecular formula is C20H27N3O2. The first-order valence-corrected chi connectivity index (χ1v) is 9.11. The number of hydrogen-bond acceptors (Lipinski definition) is 3. The highest BCUT2D eigenvalue weighted by Gasteiger charge is 2.25. The number of aryl methyl sites for hydroxylation is 2. The molecule has 1 saturated heterocycles. The number of aromatic amines is 1. The lowest BCUT2D eigenvalue weighted by Gasteiger charge is -2.32. The Morgan fingerprint density at radius 3 is 2.84 bits per heavy atom. The minimum atomic E-state index is 0.226. The molecule has 0 spiro atoms. The van der Waals surface area contributed by atoms with Crippen molar-refractivity contribution in [3.05, 3.63) is 47.3 Å². The van der Waals surface area contributed by atoms with E-state index >= 15 is 0 Å². The van der Waals surface area contributed by atoms with E-state index in [1.54, 1.807) is 0 Å². The molecule has 0 unspecified atom stereocenters. The van der Waals surface area contributed by atoms with Crippen LogP contribution in [0.1, 0.15) is 48.6 Å². The minimum absolute atomic E-state index is 0.226. The maximum atomic E-state index is 12.5. The van der Waals surface area contributed by atoms with Gasteiger partial charge in [-0.2, -0.15) is 5.10 Å². The maximum absolute atomic E-state index is 12.5. The molecule has 2 heterocycles. The summed E-state index contributed by atoms with van der Waals surface area (Å²) < 4.78 is 5.71. The van der Waals surface area contributed by atoms with E-state index < -0.39 is 0 Å². The van der Waals surface area contributed by atoms with E-state index in [4.69, 9.17) is 4.74 Å². The van der Waals surface area contributed by atoms with Crippen LogP contribution in [0.25, 0.3) is 0 Å². The number of rotatable bonds is 6. The van der Waals surface area contributed by atoms with Gasteiger partial charge in [-0.1, -0.05) is 17.7 Å². The summed E-state index contributed by atoms with van der Waals surface area (Å²) in [5.74, 6) is 1.45. The van der Waals surface area contributed by atoms with Crippen LogP contribution < -0.4 is 4.74 Å². The summed E-state index contributed by atoms with van der Waals surface area (Å²) in [6.45, 7) is 6.28. The van der Waals surface area contributed by atoms with Crippen molar-refractivity contribution in [2.75, 3.05) is 19.7 Å². The van der Waals surface area contributed by atoms with Crippen LogP contribution >= 0.6 is 0 Å². The molecule has 0 aliphatic carbocycles. The van der Waals surface area contributed by atoms with Crippen LogP contribution in [-0.2, 0) is 4.79 Å². The van der Waals surface area contributed by atoms with Gasteiger partial charge in [0.15, 0.2) is 0 Å². The first-order valence-electron chi connectivity index (χ1n) is 9.11. The number of ether oxygens (including phenoxy) is 1. The number of piperidine rings is 1. The van der Waals surface area contributed by atoms with Crippen molar-refractivity contribution >= 4 is 5.91 Å². The number of carbonyl (C=O) groups is 1. The minimum Gasteiger partial charge on any atom is -0.494 e. The van der Waals surface area contributed by atoms with Crippen LogP contribution in [0.4, 0.5) is 0 Å². The average Bonchev–Trinajstić information content (AvgIpc) is 3.07. The Kier molecular flexibility index (Phi) is 5.74. The number of nitrogens with one attached hydrogen (secondary N) is 1. The molecule has 1 N–H and O–H groups in total. The van der Waals surface area contributed by atoms with Gasteiger partial charge in [-0.05, 0) is 51.3 Å². The molecule has 1 atom stereocenters. The van der Waals surface area contributed by atoms with E-state index in [1.165, 1.54) is 5.56 Å². The summed E-state index contributed by atoms with van der Waals surface area (Å²) in [6.07, 6.45) is 3.43. The topological polar surface area (TPSA) is 58.2 Å². The molecule has 5 heteroatoms. The molecule has 1 aromatic carbocycles. The van der Waals surface area contributed by atoms with Gasteiger partial charge in [0.2, 0.25) is 5.91 Å². The smallest absolute Gasteiger partial charge is 0.222 e. The van der Waals surface area contributed by atoms with E-state index in [0.29, 0.717) is 18.9 Å². The fourth-order valence-corrected chi connectivity index (χ4v) is 3.30. The molecular weight excluding hydrogens is 314 g/mol. The van der Waals surface area contributed by atoms with E-state index in [1.807, 2.05) is 36.1 Å². The van der Waals surface area contributed by atoms with E-state index in [2.05, 4.69) is 23.2 Å². The van der Waals surface area contributed by atoms with Crippen molar-refractivity contribution in [2.45, 2.75) is 45.4 Å². The second-order valence-corrected chi connectivity index (χ2v) is 6.92. The Morgan fingerprint density at radius 2 is 2.12 bits per heavy atom. The molecule has 0 bridgehead atoms. The van der Waals surface area contributed by atoms with Gasteiger partial charge in [-0.25, -0.2) is 0 Å². The van der Waals surface area contributed by atoms with Gasteiger partial charge in [0.25, 0.3) is 0 Å². The number of hydrogen-bond donors (Lipinski definition) is 1. The second kappa shape index (κ2) is 8.19. The third kappa shape index (κ3) is 4.84. The highest BCUT2D eigenvalue weighted by molar-refractivity contribution is 5.76. The predicted octanol–water partition coefficient (Wildman–Crippen LogP) is 3.59. The van der Waals surface area contributed by atoms with Gasteiger partial charge >= 0.3 is 0 Å². The number of H-pyrrole nitrogens is 1. The Hall–Kier alpha value is -2.30. The van der Waals surface area contributed by atoms with Crippen molar-refractivity contribution in [1.82, 2.24) is 15.1 Å². The third-order valence-electron chi connectivity index (χ3n) is 4.74. The molecule has 2 aromatic rings. The molecule has 1 aliphatic heterocycles. The van der Waals surface area contributed by atoms with Crippen LogP contribution in [-0.4, -0.2) is 40.7 Å². The molecule has 0 saturated carbocycles. The number of carbonyl (C=O) groups excluding carboxylic acids is 1. The summed E-state index contributed by atoms with van der Waals surface area (Å²) in [6, 6.07) is 10.1. The quantitative estimate of drug-likeness (QED) is 0.817. The number of likely N-dealkylation sites (tertiary alicyclic amines) is 1. The zero-order valence-electron chi connectivity index (χ0n) is 15.1. The van der Waals surface area contributed by atoms with Crippen molar-refractivity contribution in [2.24, 2.45) is 0 Å². The molecule has 25 heavy (non-hydrogen) atoms. The van der Waals surface area contributed by atoms with Gasteiger partial charge in [-0.15, -0.1) is 0 Å². The van der Waals surface area contributed by atoms with Crippen LogP contribution in [0, 0.1) is 13.8 Å². The Balaban J connectivity index is 1.42. The monoisotopic (exact) mass is 341 g/mol. The standard InChI is InChI=1S/C20H27N3O2/c1-15-7-9-18(10-8-15)25-12-4-6-20(24)23-11-3-5-17(14-23)19-13-16(2)21-22-19/h7-10,13,17H,3-6,11-12,14H2,1-2H3,(H,21,22)/t17-/m0/s1. The lowest BCUT2D eigenvalue weighted by molar-refractivity contribution is -0.132. The molecule has 1 aliphatic rings. The van der Waals surface area contributed by atoms with Crippen LogP contribution in [0.3, 0.4) is 0 Å². The maximum Gasteiger partial charge on any atom is 0.222 e. The first-order chi connectivity index (χ1) is 12.1. The number of amides is 1. The second-order valence-electron chi connectivity index (χ2n) is 6.92. The van der Waals surface area contributed by atoms with Crippen molar-refractivity contribution < 1.29 is 9.53 Å². The summed E-state index contributed by atoms with van der Waals surface area (Å²) in [7, 11) is 0.